The lowest BCUT2D eigenvalue weighted by Crippen LogP contribution is -2.35. The summed E-state index contributed by atoms with van der Waals surface area (Å²) in [5.74, 6) is -12.5. The summed E-state index contributed by atoms with van der Waals surface area (Å²) in [4.78, 5) is 6.29. The van der Waals surface area contributed by atoms with E-state index in [0.29, 0.717) is 12.1 Å². The Bertz CT molecular complexity index is 1110. The average molecular weight is 442 g/mol. The highest BCUT2D eigenvalue weighted by Gasteiger charge is 2.61. The van der Waals surface area contributed by atoms with Crippen LogP contribution < -0.4 is 0 Å². The third kappa shape index (κ3) is 2.69. The quantitative estimate of drug-likeness (QED) is 0.305. The Hall–Kier alpha value is -3.06. The lowest BCUT2D eigenvalue weighted by atomic mass is 9.98. The van der Waals surface area contributed by atoms with E-state index in [9.17, 15) is 43.9 Å². The molecular formula is C16H4F10N4. The van der Waals surface area contributed by atoms with Crippen LogP contribution in [-0.4, -0.2) is 32.5 Å². The van der Waals surface area contributed by atoms with E-state index in [1.807, 2.05) is 0 Å². The van der Waals surface area contributed by atoms with Gasteiger partial charge in [0, 0.05) is 10.9 Å². The number of alkyl halides is 10. The third-order valence-electron chi connectivity index (χ3n) is 4.34. The lowest BCUT2D eigenvalue weighted by molar-refractivity contribution is -0.292. The van der Waals surface area contributed by atoms with Gasteiger partial charge in [-0.2, -0.15) is 43.9 Å². The molecule has 14 heteroatoms. The largest absolute Gasteiger partial charge is 0.461 e. The first-order valence-corrected chi connectivity index (χ1v) is 7.75. The first-order chi connectivity index (χ1) is 13.6. The highest BCUT2D eigenvalue weighted by atomic mass is 19.4. The van der Waals surface area contributed by atoms with E-state index in [4.69, 9.17) is 0 Å². The van der Waals surface area contributed by atoms with Gasteiger partial charge in [0.05, 0.1) is 16.4 Å². The van der Waals surface area contributed by atoms with Crippen LogP contribution in [0.4, 0.5) is 43.9 Å². The van der Waals surface area contributed by atoms with Crippen LogP contribution in [0, 0.1) is 0 Å². The first kappa shape index (κ1) is 20.2. The second-order valence-corrected chi connectivity index (χ2v) is 6.27. The monoisotopic (exact) mass is 442 g/mol. The van der Waals surface area contributed by atoms with Crippen LogP contribution in [0.3, 0.4) is 0 Å². The molecule has 0 fully saturated rings. The summed E-state index contributed by atoms with van der Waals surface area (Å²) in [6.07, 6.45) is -11.9. The summed E-state index contributed by atoms with van der Waals surface area (Å²) >= 11 is 0. The van der Waals surface area contributed by atoms with Crippen molar-refractivity contribution in [2.24, 2.45) is 0 Å². The summed E-state index contributed by atoms with van der Waals surface area (Å²) in [5.41, 5.74) is -3.06. The van der Waals surface area contributed by atoms with Gasteiger partial charge in [-0.05, 0) is 23.6 Å². The highest BCUT2D eigenvalue weighted by Crippen LogP contribution is 2.46. The molecule has 0 radical (unpaired) electrons. The molecule has 30 heavy (non-hydrogen) atoms. The summed E-state index contributed by atoms with van der Waals surface area (Å²) in [6, 6.07) is 2.75. The van der Waals surface area contributed by atoms with Crippen LogP contribution in [0.15, 0.2) is 24.3 Å². The maximum Gasteiger partial charge on any atom is 0.461 e. The number of benzene rings is 2. The SMILES string of the molecule is FC(F)(F)C(F)(F)c1cc2ccc3nc(C(F)(F)C(F)(F)F)nc4nnc(c1)c2c34. The number of aromatic nitrogens is 4. The van der Waals surface area contributed by atoms with Crippen LogP contribution in [0.2, 0.25) is 0 Å². The van der Waals surface area contributed by atoms with Crippen molar-refractivity contribution in [2.45, 2.75) is 24.2 Å². The van der Waals surface area contributed by atoms with Crippen molar-refractivity contribution in [1.82, 2.24) is 20.2 Å². The van der Waals surface area contributed by atoms with Gasteiger partial charge in [-0.3, -0.25) is 0 Å². The standard InChI is InChI=1S/C16H4F10N4/c17-13(18,15(21,22)23)6-3-5-1-2-7-10-9(5)8(4-6)29-30-11(10)28-12(27-7)14(19,20)16(24,25)26/h1-4H. The van der Waals surface area contributed by atoms with Gasteiger partial charge >= 0.3 is 24.2 Å². The van der Waals surface area contributed by atoms with E-state index < -0.39 is 52.3 Å². The topological polar surface area (TPSA) is 51.6 Å². The van der Waals surface area contributed by atoms with E-state index in [1.165, 1.54) is 0 Å². The lowest BCUT2D eigenvalue weighted by Gasteiger charge is -2.21. The smallest absolute Gasteiger partial charge is 0.226 e. The Labute approximate surface area is 157 Å². The Morgan fingerprint density at radius 3 is 1.83 bits per heavy atom. The van der Waals surface area contributed by atoms with Gasteiger partial charge in [0.1, 0.15) is 0 Å². The van der Waals surface area contributed by atoms with E-state index >= 15 is 0 Å². The molecule has 4 nitrogen and oxygen atoms in total. The normalized spacial score (nSPS) is 14.3. The molecule has 0 aliphatic carbocycles. The number of halogens is 10. The first-order valence-electron chi connectivity index (χ1n) is 7.75. The molecule has 2 aromatic carbocycles. The van der Waals surface area contributed by atoms with Gasteiger partial charge in [-0.15, -0.1) is 10.2 Å². The maximum absolute atomic E-state index is 13.7. The van der Waals surface area contributed by atoms with Crippen molar-refractivity contribution >= 4 is 32.8 Å². The molecule has 0 amide bonds. The zero-order chi connectivity index (χ0) is 22.3. The minimum absolute atomic E-state index is 0.110. The molecule has 0 atom stereocenters. The van der Waals surface area contributed by atoms with Gasteiger partial charge < -0.3 is 0 Å². The van der Waals surface area contributed by atoms with Gasteiger partial charge in [0.15, 0.2) is 5.65 Å². The van der Waals surface area contributed by atoms with Crippen molar-refractivity contribution in [2.75, 3.05) is 0 Å². The molecule has 0 spiro atoms. The van der Waals surface area contributed by atoms with Crippen molar-refractivity contribution in [3.63, 3.8) is 0 Å². The van der Waals surface area contributed by atoms with E-state index in [-0.39, 0.29) is 16.2 Å². The molecule has 0 aliphatic rings. The molecule has 0 aliphatic heterocycles. The third-order valence-corrected chi connectivity index (χ3v) is 4.34. The zero-order valence-corrected chi connectivity index (χ0v) is 13.9. The highest BCUT2D eigenvalue weighted by molar-refractivity contribution is 6.19. The Kier molecular flexibility index (Phi) is 3.88. The van der Waals surface area contributed by atoms with Crippen molar-refractivity contribution < 1.29 is 43.9 Å². The molecule has 2 heterocycles. The van der Waals surface area contributed by atoms with E-state index in [1.54, 1.807) is 0 Å². The van der Waals surface area contributed by atoms with Crippen LogP contribution in [0.5, 0.6) is 0 Å². The van der Waals surface area contributed by atoms with Crippen molar-refractivity contribution in [1.29, 1.82) is 0 Å². The number of nitrogens with zero attached hydrogens (tertiary/aromatic N) is 4. The molecule has 0 bridgehead atoms. The fraction of sp³-hybridized carbons (Fsp3) is 0.250. The number of hydrogen-bond acceptors (Lipinski definition) is 4. The second-order valence-electron chi connectivity index (χ2n) is 6.27. The molecule has 0 unspecified atom stereocenters. The Balaban J connectivity index is 2.02. The van der Waals surface area contributed by atoms with Gasteiger partial charge in [-0.1, -0.05) is 6.07 Å². The van der Waals surface area contributed by atoms with Gasteiger partial charge in [-0.25, -0.2) is 9.97 Å². The minimum Gasteiger partial charge on any atom is -0.226 e. The van der Waals surface area contributed by atoms with Crippen LogP contribution in [0.1, 0.15) is 11.4 Å². The fourth-order valence-electron chi connectivity index (χ4n) is 2.91. The van der Waals surface area contributed by atoms with Crippen LogP contribution >= 0.6 is 0 Å². The van der Waals surface area contributed by atoms with Gasteiger partial charge in [0.2, 0.25) is 5.82 Å². The Morgan fingerprint density at radius 1 is 0.600 bits per heavy atom. The van der Waals surface area contributed by atoms with Crippen molar-refractivity contribution in [3.05, 3.63) is 35.7 Å². The van der Waals surface area contributed by atoms with E-state index in [2.05, 4.69) is 20.2 Å². The number of rotatable bonds is 2. The van der Waals surface area contributed by atoms with Crippen LogP contribution in [0.25, 0.3) is 32.8 Å². The molecule has 4 aromatic rings. The van der Waals surface area contributed by atoms with E-state index in [0.717, 1.165) is 12.1 Å². The van der Waals surface area contributed by atoms with Crippen LogP contribution in [-0.2, 0) is 11.8 Å². The molecule has 0 N–H and O–H groups in total. The molecule has 158 valence electrons. The minimum atomic E-state index is -6.00. The maximum atomic E-state index is 13.7. The summed E-state index contributed by atoms with van der Waals surface area (Å²) in [7, 11) is 0. The summed E-state index contributed by atoms with van der Waals surface area (Å²) < 4.78 is 131. The predicted octanol–water partition coefficient (Wildman–Crippen LogP) is 5.47. The zero-order valence-electron chi connectivity index (χ0n) is 13.9. The van der Waals surface area contributed by atoms with Gasteiger partial charge in [0.25, 0.3) is 0 Å². The Morgan fingerprint density at radius 2 is 1.23 bits per heavy atom. The average Bonchev–Trinajstić information content (AvgIpc) is 2.63. The van der Waals surface area contributed by atoms with Crippen molar-refractivity contribution in [3.8, 4) is 0 Å². The molecular weight excluding hydrogens is 438 g/mol. The fourth-order valence-corrected chi connectivity index (χ4v) is 2.91. The summed E-state index contributed by atoms with van der Waals surface area (Å²) in [6.45, 7) is 0. The molecule has 2 aromatic heterocycles. The molecule has 0 saturated carbocycles. The molecule has 4 rings (SSSR count). The number of hydrogen-bond donors (Lipinski definition) is 0. The predicted molar refractivity (Wildman–Crippen MR) is 81.2 cm³/mol. The molecule has 0 saturated heterocycles. The second kappa shape index (κ2) is 5.76. The summed E-state index contributed by atoms with van der Waals surface area (Å²) in [5, 5.41) is 6.18.